The molecule has 0 radical (unpaired) electrons. The molecule has 9 aromatic rings. The van der Waals surface area contributed by atoms with Gasteiger partial charge in [-0.05, 0) is 86.5 Å². The van der Waals surface area contributed by atoms with Gasteiger partial charge >= 0.3 is 0 Å². The number of aryl methyl sites for hydroxylation is 3. The normalized spacial score (nSPS) is 12.5. The monoisotopic (exact) mass is 714 g/mol. The minimum absolute atomic E-state index is 0.652. The summed E-state index contributed by atoms with van der Waals surface area (Å²) in [5.74, 6) is 3.06. The number of fused-ring (bicyclic) bond motifs is 4. The van der Waals surface area contributed by atoms with Gasteiger partial charge in [0.2, 0.25) is 0 Å². The maximum absolute atomic E-state index is 6.90. The molecule has 10 rings (SSSR count). The molecule has 7 heteroatoms. The molecule has 0 aliphatic carbocycles. The van der Waals surface area contributed by atoms with Crippen LogP contribution in [0.4, 0.5) is 22.7 Å². The molecule has 4 heterocycles. The van der Waals surface area contributed by atoms with E-state index >= 15 is 0 Å². The summed E-state index contributed by atoms with van der Waals surface area (Å²) < 4.78 is 11.3. The van der Waals surface area contributed by atoms with E-state index in [9.17, 15) is 0 Å². The molecule has 0 saturated carbocycles. The lowest BCUT2D eigenvalue weighted by molar-refractivity contribution is 0.483. The van der Waals surface area contributed by atoms with Crippen LogP contribution in [0.5, 0.6) is 11.5 Å². The maximum atomic E-state index is 6.90. The Hall–Kier alpha value is -7.12. The number of aromatic nitrogens is 4. The van der Waals surface area contributed by atoms with Crippen LogP contribution in [0.3, 0.4) is 0 Å². The molecule has 0 bridgehead atoms. The van der Waals surface area contributed by atoms with Crippen molar-refractivity contribution in [3.05, 3.63) is 181 Å². The van der Waals surface area contributed by atoms with Crippen molar-refractivity contribution < 1.29 is 4.74 Å². The summed E-state index contributed by atoms with van der Waals surface area (Å²) in [5, 5.41) is 2.36. The van der Waals surface area contributed by atoms with Crippen molar-refractivity contribution in [2.45, 2.75) is 20.8 Å². The number of anilines is 4. The average Bonchev–Trinajstić information content (AvgIpc) is 3.93. The molecule has 6 aromatic carbocycles. The van der Waals surface area contributed by atoms with Crippen molar-refractivity contribution in [3.8, 4) is 34.4 Å². The van der Waals surface area contributed by atoms with Crippen LogP contribution in [-0.4, -0.2) is 25.8 Å². The Morgan fingerprint density at radius 1 is 0.564 bits per heavy atom. The Labute approximate surface area is 320 Å². The zero-order chi connectivity index (χ0) is 37.0. The van der Waals surface area contributed by atoms with Crippen molar-refractivity contribution in [2.24, 2.45) is 0 Å². The predicted molar refractivity (Wildman–Crippen MR) is 224 cm³/mol. The molecule has 0 N–H and O–H groups in total. The van der Waals surface area contributed by atoms with Crippen LogP contribution in [0.15, 0.2) is 164 Å². The van der Waals surface area contributed by atoms with E-state index < -0.39 is 0 Å². The van der Waals surface area contributed by atoms with Gasteiger partial charge in [-0.2, -0.15) is 0 Å². The molecule has 1 aliphatic heterocycles. The molecule has 1 aliphatic rings. The third-order valence-electron chi connectivity index (χ3n) is 10.5. The number of ether oxygens (including phenoxy) is 1. The van der Waals surface area contributed by atoms with Gasteiger partial charge in [-0.3, -0.25) is 4.57 Å². The summed E-state index contributed by atoms with van der Waals surface area (Å²) in [7, 11) is 0. The second-order valence-electron chi connectivity index (χ2n) is 14.2. The van der Waals surface area contributed by atoms with E-state index in [-0.39, 0.29) is 0 Å². The Morgan fingerprint density at radius 3 is 2.11 bits per heavy atom. The summed E-state index contributed by atoms with van der Waals surface area (Å²) in [6.07, 6.45) is 5.53. The molecule has 0 saturated heterocycles. The summed E-state index contributed by atoms with van der Waals surface area (Å²) in [4.78, 5) is 14.2. The largest absolute Gasteiger partial charge is 0.457 e. The number of nitrogens with zero attached hydrogens (tertiary/aromatic N) is 6. The number of pyridine rings is 1. The fourth-order valence-electron chi connectivity index (χ4n) is 8.42. The van der Waals surface area contributed by atoms with Crippen LogP contribution >= 0.6 is 0 Å². The Bertz CT molecular complexity index is 2850. The summed E-state index contributed by atoms with van der Waals surface area (Å²) in [6.45, 7) is 7.26. The number of para-hydroxylation sites is 4. The standard InChI is InChI=1S/C48H38N6O/c1-32-26-33(2)47(34(3)27-32)53-31-52(41-20-9-10-21-42(41)53)43-29-38(30-44-46(43)39-18-7-8-19-40(39)54(44)36-15-5-4-6-16-36)55-37-17-13-14-35(28-37)48-50-24-25-51(48)45-22-11-12-23-49-45/h4-30H,31H2,1-3H3. The molecule has 0 fully saturated rings. The Morgan fingerprint density at radius 2 is 1.31 bits per heavy atom. The van der Waals surface area contributed by atoms with Crippen LogP contribution in [0, 0.1) is 20.8 Å². The van der Waals surface area contributed by atoms with Crippen molar-refractivity contribution in [1.82, 2.24) is 19.1 Å². The molecule has 3 aromatic heterocycles. The van der Waals surface area contributed by atoms with Gasteiger partial charge in [-0.25, -0.2) is 9.97 Å². The summed E-state index contributed by atoms with van der Waals surface area (Å²) in [6, 6.07) is 51.0. The fraction of sp³-hybridized carbons (Fsp3) is 0.0833. The zero-order valence-electron chi connectivity index (χ0n) is 30.9. The molecule has 0 atom stereocenters. The van der Waals surface area contributed by atoms with Gasteiger partial charge in [-0.1, -0.05) is 84.4 Å². The third-order valence-corrected chi connectivity index (χ3v) is 10.5. The van der Waals surface area contributed by atoms with Crippen LogP contribution in [0.1, 0.15) is 16.7 Å². The lowest BCUT2D eigenvalue weighted by atomic mass is 10.0. The first-order valence-electron chi connectivity index (χ1n) is 18.6. The lowest BCUT2D eigenvalue weighted by Gasteiger charge is -2.26. The number of rotatable bonds is 7. The van der Waals surface area contributed by atoms with Gasteiger partial charge in [-0.15, -0.1) is 0 Å². The third kappa shape index (κ3) is 5.51. The molecule has 0 spiro atoms. The van der Waals surface area contributed by atoms with Gasteiger partial charge in [0.1, 0.15) is 29.8 Å². The zero-order valence-corrected chi connectivity index (χ0v) is 30.9. The number of hydrogen-bond acceptors (Lipinski definition) is 5. The SMILES string of the molecule is Cc1cc(C)c(N2CN(c3cc(Oc4cccc(-c5nccn5-c5ccccn5)c4)cc4c3c3ccccc3n4-c3ccccc3)c3ccccc32)c(C)c1. The van der Waals surface area contributed by atoms with Crippen LogP contribution in [0.25, 0.3) is 44.7 Å². The van der Waals surface area contributed by atoms with Crippen molar-refractivity contribution in [2.75, 3.05) is 16.5 Å². The highest BCUT2D eigenvalue weighted by Crippen LogP contribution is 2.50. The molecule has 266 valence electrons. The van der Waals surface area contributed by atoms with E-state index in [1.807, 2.05) is 47.2 Å². The smallest absolute Gasteiger partial charge is 0.145 e. The lowest BCUT2D eigenvalue weighted by Crippen LogP contribution is -2.25. The molecular weight excluding hydrogens is 677 g/mol. The minimum atomic E-state index is 0.652. The average molecular weight is 715 g/mol. The molecule has 0 unspecified atom stereocenters. The Kier molecular flexibility index (Phi) is 7.73. The number of imidazole rings is 1. The molecular formula is C48H38N6O. The van der Waals surface area contributed by atoms with Gasteiger partial charge in [0.15, 0.2) is 0 Å². The second-order valence-corrected chi connectivity index (χ2v) is 14.2. The van der Waals surface area contributed by atoms with E-state index in [0.717, 1.165) is 56.8 Å². The Balaban J connectivity index is 1.16. The van der Waals surface area contributed by atoms with E-state index in [2.05, 4.69) is 149 Å². The van der Waals surface area contributed by atoms with Gasteiger partial charge in [0, 0.05) is 58.4 Å². The van der Waals surface area contributed by atoms with E-state index in [0.29, 0.717) is 6.67 Å². The first-order chi connectivity index (χ1) is 27.0. The number of hydrogen-bond donors (Lipinski definition) is 0. The number of benzene rings is 6. The predicted octanol–water partition coefficient (Wildman–Crippen LogP) is 12.0. The van der Waals surface area contributed by atoms with E-state index in [1.165, 1.54) is 38.8 Å². The van der Waals surface area contributed by atoms with Gasteiger partial charge in [0.05, 0.1) is 28.1 Å². The second kappa shape index (κ2) is 13.1. The van der Waals surface area contributed by atoms with Gasteiger partial charge < -0.3 is 19.1 Å². The topological polar surface area (TPSA) is 51.4 Å². The highest BCUT2D eigenvalue weighted by atomic mass is 16.5. The van der Waals surface area contributed by atoms with Crippen molar-refractivity contribution >= 4 is 44.6 Å². The summed E-state index contributed by atoms with van der Waals surface area (Å²) in [5.41, 5.74) is 12.7. The maximum Gasteiger partial charge on any atom is 0.145 e. The molecule has 55 heavy (non-hydrogen) atoms. The van der Waals surface area contributed by atoms with Crippen LogP contribution < -0.4 is 14.5 Å². The highest BCUT2D eigenvalue weighted by Gasteiger charge is 2.32. The first-order valence-corrected chi connectivity index (χ1v) is 18.6. The van der Waals surface area contributed by atoms with Crippen molar-refractivity contribution in [3.63, 3.8) is 0 Å². The van der Waals surface area contributed by atoms with E-state index in [4.69, 9.17) is 9.72 Å². The van der Waals surface area contributed by atoms with Crippen LogP contribution in [-0.2, 0) is 0 Å². The minimum Gasteiger partial charge on any atom is -0.457 e. The van der Waals surface area contributed by atoms with Gasteiger partial charge in [0.25, 0.3) is 0 Å². The van der Waals surface area contributed by atoms with Crippen molar-refractivity contribution in [1.29, 1.82) is 0 Å². The fourth-order valence-corrected chi connectivity index (χ4v) is 8.42. The molecule has 0 amide bonds. The first kappa shape index (κ1) is 32.5. The summed E-state index contributed by atoms with van der Waals surface area (Å²) >= 11 is 0. The highest BCUT2D eigenvalue weighted by molar-refractivity contribution is 6.17. The quantitative estimate of drug-likeness (QED) is 0.164. The van der Waals surface area contributed by atoms with E-state index in [1.54, 1.807) is 12.4 Å². The van der Waals surface area contributed by atoms with Crippen LogP contribution in [0.2, 0.25) is 0 Å². The molecule has 7 nitrogen and oxygen atoms in total.